The Morgan fingerprint density at radius 2 is 2.33 bits per heavy atom. The molecule has 1 aromatic rings. The van der Waals surface area contributed by atoms with Crippen molar-refractivity contribution in [3.8, 4) is 5.75 Å². The highest BCUT2D eigenvalue weighted by atomic mass is 16.6. The second kappa shape index (κ2) is 4.21. The zero-order valence-corrected chi connectivity index (χ0v) is 8.53. The number of carbonyl (C=O) groups is 1. The fourth-order valence-electron chi connectivity index (χ4n) is 1.62. The summed E-state index contributed by atoms with van der Waals surface area (Å²) in [6.45, 7) is 0.582. The lowest BCUT2D eigenvalue weighted by Crippen LogP contribution is -2.25. The molecular formula is C11H13NO3. The summed E-state index contributed by atoms with van der Waals surface area (Å²) in [4.78, 5) is 11.1. The Bertz CT molecular complexity index is 365. The fraction of sp³-hybridized carbons (Fsp3) is 0.364. The number of fused-ring (bicyclic) bond motifs is 1. The Hall–Kier alpha value is -1.71. The van der Waals surface area contributed by atoms with Crippen molar-refractivity contribution < 1.29 is 14.3 Å². The van der Waals surface area contributed by atoms with Crippen LogP contribution in [0.1, 0.15) is 18.1 Å². The third-order valence-electron chi connectivity index (χ3n) is 2.36. The fourth-order valence-corrected chi connectivity index (χ4v) is 1.62. The van der Waals surface area contributed by atoms with Crippen LogP contribution in [-0.2, 0) is 4.74 Å². The lowest BCUT2D eigenvalue weighted by atomic mass is 10.0. The van der Waals surface area contributed by atoms with E-state index in [4.69, 9.17) is 9.47 Å². The summed E-state index contributed by atoms with van der Waals surface area (Å²) in [7, 11) is 1.55. The van der Waals surface area contributed by atoms with Gasteiger partial charge < -0.3 is 14.8 Å². The SMILES string of the molecule is CNC(=O)O[C@H]1CCOc2ccccc21. The van der Waals surface area contributed by atoms with Crippen LogP contribution < -0.4 is 10.1 Å². The lowest BCUT2D eigenvalue weighted by Gasteiger charge is -2.25. The van der Waals surface area contributed by atoms with Gasteiger partial charge in [-0.15, -0.1) is 0 Å². The molecule has 0 aliphatic carbocycles. The van der Waals surface area contributed by atoms with E-state index in [2.05, 4.69) is 5.32 Å². The Morgan fingerprint density at radius 3 is 3.13 bits per heavy atom. The number of nitrogens with one attached hydrogen (secondary N) is 1. The predicted octanol–water partition coefficient (Wildman–Crippen LogP) is 1.87. The molecule has 1 heterocycles. The van der Waals surface area contributed by atoms with Gasteiger partial charge in [-0.25, -0.2) is 4.79 Å². The van der Waals surface area contributed by atoms with Crippen LogP contribution in [0.4, 0.5) is 4.79 Å². The number of benzene rings is 1. The van der Waals surface area contributed by atoms with Gasteiger partial charge in [0.25, 0.3) is 0 Å². The van der Waals surface area contributed by atoms with Crippen molar-refractivity contribution in [1.29, 1.82) is 0 Å². The number of alkyl carbamates (subject to hydrolysis) is 1. The first-order valence-electron chi connectivity index (χ1n) is 4.91. The average molecular weight is 207 g/mol. The van der Waals surface area contributed by atoms with E-state index in [1.54, 1.807) is 7.05 Å². The maximum atomic E-state index is 11.1. The summed E-state index contributed by atoms with van der Waals surface area (Å²) in [6.07, 6.45) is 0.0938. The van der Waals surface area contributed by atoms with E-state index in [0.29, 0.717) is 13.0 Å². The third kappa shape index (κ3) is 2.03. The molecule has 0 saturated heterocycles. The van der Waals surface area contributed by atoms with Gasteiger partial charge in [0.2, 0.25) is 0 Å². The minimum absolute atomic E-state index is 0.199. The number of ether oxygens (including phenoxy) is 2. The Kier molecular flexibility index (Phi) is 2.76. The molecule has 1 aliphatic heterocycles. The van der Waals surface area contributed by atoms with Crippen molar-refractivity contribution >= 4 is 6.09 Å². The molecule has 1 atom stereocenters. The zero-order valence-electron chi connectivity index (χ0n) is 8.53. The highest BCUT2D eigenvalue weighted by Crippen LogP contribution is 2.33. The van der Waals surface area contributed by atoms with Crippen LogP contribution in [0.3, 0.4) is 0 Å². The second-order valence-corrected chi connectivity index (χ2v) is 3.32. The summed E-state index contributed by atoms with van der Waals surface area (Å²) < 4.78 is 10.7. The van der Waals surface area contributed by atoms with Crippen LogP contribution in [0.25, 0.3) is 0 Å². The van der Waals surface area contributed by atoms with Crippen LogP contribution >= 0.6 is 0 Å². The summed E-state index contributed by atoms with van der Waals surface area (Å²) in [6, 6.07) is 7.62. The zero-order chi connectivity index (χ0) is 10.7. The van der Waals surface area contributed by atoms with E-state index >= 15 is 0 Å². The van der Waals surface area contributed by atoms with Gasteiger partial charge in [-0.2, -0.15) is 0 Å². The highest BCUT2D eigenvalue weighted by molar-refractivity contribution is 5.67. The van der Waals surface area contributed by atoms with Gasteiger partial charge in [0.1, 0.15) is 11.9 Å². The minimum atomic E-state index is -0.406. The topological polar surface area (TPSA) is 47.6 Å². The van der Waals surface area contributed by atoms with Crippen molar-refractivity contribution in [3.05, 3.63) is 29.8 Å². The van der Waals surface area contributed by atoms with Crippen molar-refractivity contribution in [2.24, 2.45) is 0 Å². The molecule has 0 saturated carbocycles. The summed E-state index contributed by atoms with van der Waals surface area (Å²) in [5.74, 6) is 0.803. The first-order chi connectivity index (χ1) is 7.31. The van der Waals surface area contributed by atoms with Gasteiger partial charge >= 0.3 is 6.09 Å². The van der Waals surface area contributed by atoms with E-state index in [9.17, 15) is 4.79 Å². The largest absolute Gasteiger partial charge is 0.493 e. The summed E-state index contributed by atoms with van der Waals surface area (Å²) in [5.41, 5.74) is 0.937. The molecule has 15 heavy (non-hydrogen) atoms. The standard InChI is InChI=1S/C11H13NO3/c1-12-11(13)15-10-6-7-14-9-5-3-2-4-8(9)10/h2-5,10H,6-7H2,1H3,(H,12,13)/t10-/m0/s1. The van der Waals surface area contributed by atoms with Gasteiger partial charge in [0.15, 0.2) is 0 Å². The third-order valence-corrected chi connectivity index (χ3v) is 2.36. The van der Waals surface area contributed by atoms with E-state index < -0.39 is 6.09 Å². The van der Waals surface area contributed by atoms with Crippen LogP contribution in [0.5, 0.6) is 5.75 Å². The average Bonchev–Trinajstić information content (AvgIpc) is 2.29. The smallest absolute Gasteiger partial charge is 0.407 e. The minimum Gasteiger partial charge on any atom is -0.493 e. The first kappa shape index (κ1) is 9.83. The summed E-state index contributed by atoms with van der Waals surface area (Å²) >= 11 is 0. The Labute approximate surface area is 88.2 Å². The van der Waals surface area contributed by atoms with Gasteiger partial charge in [-0.05, 0) is 6.07 Å². The Balaban J connectivity index is 2.18. The van der Waals surface area contributed by atoms with Crippen molar-refractivity contribution in [3.63, 3.8) is 0 Å². The Morgan fingerprint density at radius 1 is 1.53 bits per heavy atom. The molecule has 0 bridgehead atoms. The molecule has 0 radical (unpaired) electrons. The van der Waals surface area contributed by atoms with Crippen molar-refractivity contribution in [2.75, 3.05) is 13.7 Å². The van der Waals surface area contributed by atoms with E-state index in [1.165, 1.54) is 0 Å². The number of carbonyl (C=O) groups excluding carboxylic acids is 1. The van der Waals surface area contributed by atoms with E-state index in [1.807, 2.05) is 24.3 Å². The maximum Gasteiger partial charge on any atom is 0.407 e. The van der Waals surface area contributed by atoms with Gasteiger partial charge in [-0.3, -0.25) is 0 Å². The normalized spacial score (nSPS) is 18.6. The van der Waals surface area contributed by atoms with Crippen molar-refractivity contribution in [1.82, 2.24) is 5.32 Å². The maximum absolute atomic E-state index is 11.1. The van der Waals surface area contributed by atoms with Gasteiger partial charge in [-0.1, -0.05) is 18.2 Å². The number of amides is 1. The molecule has 0 aromatic heterocycles. The molecular weight excluding hydrogens is 194 g/mol. The molecule has 1 aromatic carbocycles. The quantitative estimate of drug-likeness (QED) is 0.764. The predicted molar refractivity (Wildman–Crippen MR) is 54.8 cm³/mol. The molecule has 0 unspecified atom stereocenters. The van der Waals surface area contributed by atoms with Crippen molar-refractivity contribution in [2.45, 2.75) is 12.5 Å². The lowest BCUT2D eigenvalue weighted by molar-refractivity contribution is 0.0711. The molecule has 0 spiro atoms. The first-order valence-corrected chi connectivity index (χ1v) is 4.91. The van der Waals surface area contributed by atoms with E-state index in [0.717, 1.165) is 11.3 Å². The number of hydrogen-bond acceptors (Lipinski definition) is 3. The van der Waals surface area contributed by atoms with Crippen LogP contribution in [0.15, 0.2) is 24.3 Å². The van der Waals surface area contributed by atoms with Crippen LogP contribution in [0, 0.1) is 0 Å². The van der Waals surface area contributed by atoms with Crippen LogP contribution in [0.2, 0.25) is 0 Å². The molecule has 1 N–H and O–H groups in total. The second-order valence-electron chi connectivity index (χ2n) is 3.32. The number of hydrogen-bond donors (Lipinski definition) is 1. The van der Waals surface area contributed by atoms with Gasteiger partial charge in [0.05, 0.1) is 6.61 Å². The molecule has 4 nitrogen and oxygen atoms in total. The molecule has 2 rings (SSSR count). The van der Waals surface area contributed by atoms with E-state index in [-0.39, 0.29) is 6.10 Å². The number of para-hydroxylation sites is 1. The number of rotatable bonds is 1. The molecule has 80 valence electrons. The van der Waals surface area contributed by atoms with Crippen LogP contribution in [-0.4, -0.2) is 19.7 Å². The molecule has 1 aliphatic rings. The van der Waals surface area contributed by atoms with Gasteiger partial charge in [0, 0.05) is 19.0 Å². The highest BCUT2D eigenvalue weighted by Gasteiger charge is 2.23. The molecule has 1 amide bonds. The monoisotopic (exact) mass is 207 g/mol. The summed E-state index contributed by atoms with van der Waals surface area (Å²) in [5, 5.41) is 2.44. The molecule has 0 fully saturated rings. The molecule has 4 heteroatoms.